The molecule has 0 aromatic carbocycles. The Morgan fingerprint density at radius 3 is 2.83 bits per heavy atom. The maximum Gasteiger partial charge on any atom is 0.333 e. The first-order chi connectivity index (χ1) is 11.5. The molecule has 0 amide bonds. The minimum atomic E-state index is -0.443. The fourth-order valence-electron chi connectivity index (χ4n) is 2.94. The number of ether oxygens (including phenoxy) is 2. The van der Waals surface area contributed by atoms with Gasteiger partial charge in [0.15, 0.2) is 0 Å². The topological polar surface area (TPSA) is 76.1 Å². The molecule has 1 saturated heterocycles. The van der Waals surface area contributed by atoms with Gasteiger partial charge >= 0.3 is 11.9 Å². The zero-order valence-corrected chi connectivity index (χ0v) is 14.4. The number of fused-ring (bicyclic) bond motifs is 1. The first-order valence-electron chi connectivity index (χ1n) is 8.18. The molecule has 0 bridgehead atoms. The van der Waals surface area contributed by atoms with Gasteiger partial charge in [-0.3, -0.25) is 4.90 Å². The Balaban J connectivity index is 1.96. The molecule has 0 aromatic heterocycles. The second-order valence-electron chi connectivity index (χ2n) is 6.18. The van der Waals surface area contributed by atoms with Gasteiger partial charge in [0.25, 0.3) is 0 Å². The maximum absolute atomic E-state index is 11.9. The lowest BCUT2D eigenvalue weighted by atomic mass is 10.1. The van der Waals surface area contributed by atoms with Crippen LogP contribution in [0.1, 0.15) is 27.2 Å². The van der Waals surface area contributed by atoms with E-state index >= 15 is 0 Å². The van der Waals surface area contributed by atoms with Gasteiger partial charge in [0.2, 0.25) is 0 Å². The fourth-order valence-corrected chi connectivity index (χ4v) is 2.94. The van der Waals surface area contributed by atoms with Crippen LogP contribution in [0.25, 0.3) is 0 Å². The predicted molar refractivity (Wildman–Crippen MR) is 89.2 cm³/mol. The van der Waals surface area contributed by atoms with Crippen LogP contribution in [-0.4, -0.2) is 60.4 Å². The lowest BCUT2D eigenvalue weighted by Gasteiger charge is -2.23. The van der Waals surface area contributed by atoms with Crippen molar-refractivity contribution in [1.82, 2.24) is 4.90 Å². The quantitative estimate of drug-likeness (QED) is 0.449. The molecule has 0 saturated carbocycles. The van der Waals surface area contributed by atoms with Gasteiger partial charge in [0, 0.05) is 24.7 Å². The van der Waals surface area contributed by atoms with E-state index < -0.39 is 5.97 Å². The summed E-state index contributed by atoms with van der Waals surface area (Å²) in [5.74, 6) is -0.772. The lowest BCUT2D eigenvalue weighted by molar-refractivity contribution is -0.144. The van der Waals surface area contributed by atoms with E-state index in [0.717, 1.165) is 25.1 Å². The molecule has 6 heteroatoms. The second kappa shape index (κ2) is 8.26. The lowest BCUT2D eigenvalue weighted by Crippen LogP contribution is -2.36. The zero-order valence-electron chi connectivity index (χ0n) is 14.4. The number of allylic oxidation sites excluding steroid dienone is 1. The van der Waals surface area contributed by atoms with Gasteiger partial charge in [-0.2, -0.15) is 0 Å². The van der Waals surface area contributed by atoms with Crippen molar-refractivity contribution < 1.29 is 24.2 Å². The van der Waals surface area contributed by atoms with Crippen LogP contribution in [-0.2, 0) is 19.1 Å². The first-order valence-corrected chi connectivity index (χ1v) is 8.18. The summed E-state index contributed by atoms with van der Waals surface area (Å²) in [6.45, 7) is 6.85. The number of hydrogen-bond donors (Lipinski definition) is 1. The zero-order chi connectivity index (χ0) is 17.7. The van der Waals surface area contributed by atoms with E-state index in [0.29, 0.717) is 11.1 Å². The largest absolute Gasteiger partial charge is 0.458 e. The Labute approximate surface area is 142 Å². The number of aliphatic hydroxyl groups is 1. The van der Waals surface area contributed by atoms with Crippen molar-refractivity contribution >= 4 is 11.9 Å². The van der Waals surface area contributed by atoms with E-state index in [1.165, 1.54) is 6.08 Å². The molecule has 0 radical (unpaired) electrons. The van der Waals surface area contributed by atoms with E-state index in [4.69, 9.17) is 14.6 Å². The Bertz CT molecular complexity index is 590. The molecule has 2 atom stereocenters. The molecule has 0 aromatic rings. The van der Waals surface area contributed by atoms with Crippen LogP contribution in [0.3, 0.4) is 0 Å². The van der Waals surface area contributed by atoms with Crippen molar-refractivity contribution in [3.63, 3.8) is 0 Å². The molecule has 0 spiro atoms. The summed E-state index contributed by atoms with van der Waals surface area (Å²) in [5.41, 5.74) is 2.11. The number of rotatable bonds is 6. The predicted octanol–water partition coefficient (Wildman–Crippen LogP) is 1.36. The second-order valence-corrected chi connectivity index (χ2v) is 6.18. The van der Waals surface area contributed by atoms with Crippen molar-refractivity contribution in [1.29, 1.82) is 0 Å². The normalized spacial score (nSPS) is 24.6. The standard InChI is InChI=1S/C18H25NO5/c1-4-13(3)18(22)23-11-14-5-7-19-8-6-15(17(14)19)24-16(21)9-12(2)10-20/h4-5,9,15,17,20H,6-8,10-11H2,1-3H3/b12-9-,13-4-/t15-,17-/m1/s1. The number of carbonyl (C=O) groups excluding carboxylic acids is 2. The highest BCUT2D eigenvalue weighted by atomic mass is 16.5. The van der Waals surface area contributed by atoms with Gasteiger partial charge in [0.1, 0.15) is 12.7 Å². The SMILES string of the molecule is C/C=C(/C)C(=O)OCC1=CCN2CC[C@@H](OC(=O)/C=C(/C)CO)[C@@H]12. The number of aliphatic hydroxyl groups excluding tert-OH is 1. The van der Waals surface area contributed by atoms with E-state index in [9.17, 15) is 9.59 Å². The molecule has 0 aliphatic carbocycles. The highest BCUT2D eigenvalue weighted by Gasteiger charge is 2.41. The minimum absolute atomic E-state index is 0.0319. The third kappa shape index (κ3) is 4.33. The minimum Gasteiger partial charge on any atom is -0.458 e. The van der Waals surface area contributed by atoms with Gasteiger partial charge in [-0.05, 0) is 38.3 Å². The Kier molecular flexibility index (Phi) is 6.34. The number of hydrogen-bond acceptors (Lipinski definition) is 6. The highest BCUT2D eigenvalue weighted by molar-refractivity contribution is 5.87. The molecule has 1 fully saturated rings. The molecule has 0 unspecified atom stereocenters. The Morgan fingerprint density at radius 1 is 1.42 bits per heavy atom. The highest BCUT2D eigenvalue weighted by Crippen LogP contribution is 2.31. The third-order valence-corrected chi connectivity index (χ3v) is 4.42. The fraction of sp³-hybridized carbons (Fsp3) is 0.556. The molecular formula is C18H25NO5. The van der Waals surface area contributed by atoms with Gasteiger partial charge in [-0.25, -0.2) is 9.59 Å². The van der Waals surface area contributed by atoms with Crippen LogP contribution in [0.15, 0.2) is 34.9 Å². The Morgan fingerprint density at radius 2 is 2.17 bits per heavy atom. The molecular weight excluding hydrogens is 310 g/mol. The summed E-state index contributed by atoms with van der Waals surface area (Å²) < 4.78 is 10.9. The van der Waals surface area contributed by atoms with E-state index in [-0.39, 0.29) is 31.3 Å². The molecule has 2 heterocycles. The first kappa shape index (κ1) is 18.4. The molecule has 132 valence electrons. The summed E-state index contributed by atoms with van der Waals surface area (Å²) in [6, 6.07) is -0.0319. The molecule has 2 rings (SSSR count). The van der Waals surface area contributed by atoms with Crippen LogP contribution in [0.2, 0.25) is 0 Å². The van der Waals surface area contributed by atoms with Crippen LogP contribution < -0.4 is 0 Å². The molecule has 2 aliphatic rings. The average molecular weight is 335 g/mol. The third-order valence-electron chi connectivity index (χ3n) is 4.42. The summed E-state index contributed by atoms with van der Waals surface area (Å²) in [7, 11) is 0. The van der Waals surface area contributed by atoms with Crippen LogP contribution in [0.4, 0.5) is 0 Å². The molecule has 24 heavy (non-hydrogen) atoms. The van der Waals surface area contributed by atoms with Crippen molar-refractivity contribution in [2.24, 2.45) is 0 Å². The number of carbonyl (C=O) groups is 2. The maximum atomic E-state index is 11.9. The molecule has 6 nitrogen and oxygen atoms in total. The van der Waals surface area contributed by atoms with Gasteiger partial charge in [-0.15, -0.1) is 0 Å². The van der Waals surface area contributed by atoms with E-state index in [1.807, 2.05) is 6.08 Å². The molecule has 2 aliphatic heterocycles. The van der Waals surface area contributed by atoms with E-state index in [1.54, 1.807) is 26.8 Å². The van der Waals surface area contributed by atoms with Crippen molar-refractivity contribution in [3.8, 4) is 0 Å². The Hall–Kier alpha value is -1.92. The van der Waals surface area contributed by atoms with Crippen molar-refractivity contribution in [3.05, 3.63) is 34.9 Å². The van der Waals surface area contributed by atoms with Crippen LogP contribution in [0.5, 0.6) is 0 Å². The van der Waals surface area contributed by atoms with Gasteiger partial charge < -0.3 is 14.6 Å². The van der Waals surface area contributed by atoms with E-state index in [2.05, 4.69) is 4.90 Å². The monoisotopic (exact) mass is 335 g/mol. The summed E-state index contributed by atoms with van der Waals surface area (Å²) >= 11 is 0. The van der Waals surface area contributed by atoms with Crippen molar-refractivity contribution in [2.75, 3.05) is 26.3 Å². The average Bonchev–Trinajstić information content (AvgIpc) is 3.14. The van der Waals surface area contributed by atoms with Gasteiger partial charge in [-0.1, -0.05) is 12.2 Å². The number of nitrogens with zero attached hydrogens (tertiary/aromatic N) is 1. The summed E-state index contributed by atoms with van der Waals surface area (Å²) in [5, 5.41) is 8.98. The van der Waals surface area contributed by atoms with Crippen molar-refractivity contribution in [2.45, 2.75) is 39.3 Å². The number of esters is 2. The summed E-state index contributed by atoms with van der Waals surface area (Å²) in [4.78, 5) is 25.9. The van der Waals surface area contributed by atoms with Crippen LogP contribution in [0, 0.1) is 0 Å². The molecule has 1 N–H and O–H groups in total. The smallest absolute Gasteiger partial charge is 0.333 e. The summed E-state index contributed by atoms with van der Waals surface area (Å²) in [6.07, 6.45) is 5.57. The van der Waals surface area contributed by atoms with Gasteiger partial charge in [0.05, 0.1) is 12.6 Å². The van der Waals surface area contributed by atoms with Crippen LogP contribution >= 0.6 is 0 Å².